The van der Waals surface area contributed by atoms with E-state index in [2.05, 4.69) is 222 Å². The molecule has 0 heterocycles. The molecule has 8 aromatic carbocycles. The predicted octanol–water partition coefficient (Wildman–Crippen LogP) is 17.0. The summed E-state index contributed by atoms with van der Waals surface area (Å²) in [6.45, 7) is 25.4. The molecule has 0 amide bonds. The van der Waals surface area contributed by atoms with Crippen molar-refractivity contribution in [3.8, 4) is 44.5 Å². The summed E-state index contributed by atoms with van der Waals surface area (Å²) in [5.74, 6) is 0. The van der Waals surface area contributed by atoms with Crippen LogP contribution in [0.15, 0.2) is 146 Å². The minimum absolute atomic E-state index is 0. The van der Waals surface area contributed by atoms with E-state index in [-0.39, 0.29) is 50.5 Å². The van der Waals surface area contributed by atoms with Crippen LogP contribution >= 0.6 is 24.8 Å². The number of hydrogen-bond acceptors (Lipinski definition) is 0. The Hall–Kier alpha value is -3.78. The molecule has 8 aromatic rings. The van der Waals surface area contributed by atoms with Crippen LogP contribution in [0, 0.1) is 42.5 Å². The van der Waals surface area contributed by atoms with Gasteiger partial charge in [-0.25, -0.2) is 0 Å². The third-order valence-corrected chi connectivity index (χ3v) is 11.0. The maximum atomic E-state index is 3.06. The fraction of sp³-hybridized carbons (Fsp3) is 0.214. The molecule has 0 saturated heterocycles. The van der Waals surface area contributed by atoms with Crippen molar-refractivity contribution in [1.82, 2.24) is 0 Å². The van der Waals surface area contributed by atoms with Gasteiger partial charge >= 0.3 is 30.2 Å². The molecule has 8 rings (SSSR count). The van der Waals surface area contributed by atoms with Crippen molar-refractivity contribution >= 4 is 53.2 Å². The summed E-state index contributed by atoms with van der Waals surface area (Å²) in [4.78, 5) is 0. The zero-order valence-electron chi connectivity index (χ0n) is 37.7. The molecule has 0 spiro atoms. The Morgan fingerprint density at radius 2 is 0.583 bits per heavy atom. The average molecular weight is 925 g/mol. The zero-order valence-corrected chi connectivity index (χ0v) is 42.8. The standard InChI is InChI=1S/2C27H27.2CH3.2ClH.Si.Zr/c2*1-18-6-10-20(11-7-18)23-14-15-24(21-12-8-19(2)9-13-21)26-17-22(16-25(23)26)27(3,4)5;;;;;;/h2*6-17H,1-5H3;2*1H3;2*1H;;/q4*-1;;;;. The molecular weight excluding hydrogens is 863 g/mol. The molecule has 0 nitrogen and oxygen atoms in total. The molecule has 4 heteroatoms. The molecule has 0 aliphatic rings. The van der Waals surface area contributed by atoms with E-state index in [1.165, 1.54) is 123 Å². The van der Waals surface area contributed by atoms with Gasteiger partial charge in [0, 0.05) is 0 Å². The molecule has 0 bridgehead atoms. The number of aryl methyl sites for hydroxylation is 4. The van der Waals surface area contributed by atoms with Crippen LogP contribution in [-0.2, 0) is 34.2 Å². The van der Waals surface area contributed by atoms with Gasteiger partial charge in [-0.3, -0.25) is 0 Å². The molecular formula is C56H62Cl2SiZr-4. The van der Waals surface area contributed by atoms with E-state index < -0.39 is 0 Å². The molecule has 0 aromatic heterocycles. The van der Waals surface area contributed by atoms with Crippen LogP contribution in [0.2, 0.25) is 0 Å². The van der Waals surface area contributed by atoms with Gasteiger partial charge in [0.15, 0.2) is 0 Å². The molecule has 0 atom stereocenters. The Labute approximate surface area is 392 Å². The summed E-state index contributed by atoms with van der Waals surface area (Å²) < 4.78 is 0. The topological polar surface area (TPSA) is 0 Å². The number of benzene rings is 6. The summed E-state index contributed by atoms with van der Waals surface area (Å²) in [6.07, 6.45) is 0. The first-order valence-electron chi connectivity index (χ1n) is 19.7. The van der Waals surface area contributed by atoms with Crippen LogP contribution in [0.1, 0.15) is 74.9 Å². The van der Waals surface area contributed by atoms with Gasteiger partial charge in [0.05, 0.1) is 0 Å². The van der Waals surface area contributed by atoms with Gasteiger partial charge in [-0.1, -0.05) is 219 Å². The second kappa shape index (κ2) is 21.8. The summed E-state index contributed by atoms with van der Waals surface area (Å²) in [6, 6.07) is 54.2. The Balaban J connectivity index is 0.000000373. The predicted molar refractivity (Wildman–Crippen MR) is 270 cm³/mol. The molecule has 0 unspecified atom stereocenters. The van der Waals surface area contributed by atoms with Gasteiger partial charge in [0.1, 0.15) is 0 Å². The Kier molecular flexibility index (Phi) is 19.1. The maximum absolute atomic E-state index is 3.06. The number of hydrogen-bond donors (Lipinski definition) is 0. The van der Waals surface area contributed by atoms with E-state index in [1.54, 1.807) is 0 Å². The summed E-state index contributed by atoms with van der Waals surface area (Å²) in [5.41, 5.74) is 18.6. The Bertz CT molecular complexity index is 2230. The molecule has 0 N–H and O–H groups in total. The van der Waals surface area contributed by atoms with Crippen LogP contribution < -0.4 is 0 Å². The van der Waals surface area contributed by atoms with Crippen molar-refractivity contribution in [2.45, 2.75) is 80.1 Å². The van der Waals surface area contributed by atoms with Crippen molar-refractivity contribution in [3.63, 3.8) is 0 Å². The molecule has 2 radical (unpaired) electrons. The summed E-state index contributed by atoms with van der Waals surface area (Å²) in [5, 5.41) is 5.40. The summed E-state index contributed by atoms with van der Waals surface area (Å²) >= 11 is 1.36. The molecule has 0 aliphatic heterocycles. The molecule has 0 fully saturated rings. The van der Waals surface area contributed by atoms with Gasteiger partial charge in [0.2, 0.25) is 0 Å². The quantitative estimate of drug-likeness (QED) is 0.122. The summed E-state index contributed by atoms with van der Waals surface area (Å²) in [7, 11) is 0. The van der Waals surface area contributed by atoms with Crippen molar-refractivity contribution in [1.29, 1.82) is 0 Å². The number of fused-ring (bicyclic) bond motifs is 2. The first-order valence-corrected chi connectivity index (χ1v) is 23.9. The van der Waals surface area contributed by atoms with Crippen molar-refractivity contribution in [2.75, 3.05) is 0 Å². The van der Waals surface area contributed by atoms with Gasteiger partial charge < -0.3 is 14.9 Å². The van der Waals surface area contributed by atoms with E-state index >= 15 is 0 Å². The van der Waals surface area contributed by atoms with E-state index in [1.807, 2.05) is 0 Å². The van der Waals surface area contributed by atoms with Gasteiger partial charge in [0.25, 0.3) is 0 Å². The van der Waals surface area contributed by atoms with Crippen molar-refractivity contribution < 1.29 is 23.3 Å². The molecule has 0 saturated carbocycles. The second-order valence-electron chi connectivity index (χ2n) is 17.4. The first-order chi connectivity index (χ1) is 26.7. The molecule has 312 valence electrons. The molecule has 60 heavy (non-hydrogen) atoms. The van der Waals surface area contributed by atoms with Crippen LogP contribution in [0.25, 0.3) is 66.1 Å². The third-order valence-electron chi connectivity index (χ3n) is 11.0. The van der Waals surface area contributed by atoms with Gasteiger partial charge in [-0.2, -0.15) is 12.1 Å². The monoisotopic (exact) mass is 922 g/mol. The van der Waals surface area contributed by atoms with Crippen LogP contribution in [0.4, 0.5) is 0 Å². The fourth-order valence-corrected chi connectivity index (χ4v) is 7.41. The van der Waals surface area contributed by atoms with E-state index in [0.29, 0.717) is 0 Å². The van der Waals surface area contributed by atoms with E-state index in [0.717, 1.165) is 0 Å². The van der Waals surface area contributed by atoms with E-state index in [4.69, 9.17) is 0 Å². The van der Waals surface area contributed by atoms with Crippen LogP contribution in [0.5, 0.6) is 0 Å². The van der Waals surface area contributed by atoms with Crippen molar-refractivity contribution in [3.05, 3.63) is 194 Å². The fourth-order valence-electron chi connectivity index (χ4n) is 7.41. The zero-order chi connectivity index (χ0) is 40.4. The van der Waals surface area contributed by atoms with Crippen molar-refractivity contribution in [2.24, 2.45) is 0 Å². The number of halogens is 2. The van der Waals surface area contributed by atoms with Crippen LogP contribution in [0.3, 0.4) is 0 Å². The Morgan fingerprint density at radius 3 is 0.817 bits per heavy atom. The first kappa shape index (κ1) is 52.4. The van der Waals surface area contributed by atoms with Gasteiger partial charge in [-0.05, 0) is 49.7 Å². The minimum atomic E-state index is 0. The normalized spacial score (nSPS) is 10.8. The third kappa shape index (κ3) is 11.8. The second-order valence-corrected chi connectivity index (χ2v) is 17.4. The van der Waals surface area contributed by atoms with Crippen LogP contribution in [-0.4, -0.2) is 6.88 Å². The number of rotatable bonds is 4. The average Bonchev–Trinajstić information content (AvgIpc) is 3.84. The SMILES string of the molecule is Cc1ccc(-c2ccc(-c3ccc(C)cc3)c3[cH-]c(C(C)(C)C)cc23)cc1.Cc1ccc(-c2ccc(-c3ccc(C)cc3)c3[cH-]c(C(C)(C)C)cc23)cc1.Cl.Cl.[CH3-].[CH3-].[Si]=[Zr]. The van der Waals surface area contributed by atoms with Gasteiger partial charge in [-0.15, -0.1) is 69.6 Å². The molecule has 0 aliphatic carbocycles. The van der Waals surface area contributed by atoms with E-state index in [9.17, 15) is 0 Å². The Morgan fingerprint density at radius 1 is 0.367 bits per heavy atom.